The third kappa shape index (κ3) is 3.12. The van der Waals surface area contributed by atoms with Crippen LogP contribution in [-0.2, 0) is 0 Å². The zero-order valence-electron chi connectivity index (χ0n) is 7.97. The number of halogens is 3. The minimum Gasteiger partial charge on any atom is -0.433 e. The van der Waals surface area contributed by atoms with Crippen LogP contribution in [0.15, 0.2) is 18.2 Å². The molecule has 0 aromatic heterocycles. The summed E-state index contributed by atoms with van der Waals surface area (Å²) in [6, 6.07) is 4.75. The number of ether oxygens (including phenoxy) is 1. The molecule has 0 N–H and O–H groups in total. The van der Waals surface area contributed by atoms with E-state index in [4.69, 9.17) is 0 Å². The van der Waals surface area contributed by atoms with E-state index in [-0.39, 0.29) is 23.5 Å². The number of Topliss-reactive ketones (excluding diaryl/α,β-unsaturated/α-hetero) is 1. The van der Waals surface area contributed by atoms with E-state index in [1.54, 1.807) is 19.1 Å². The number of para-hydroxylation sites is 1. The predicted octanol–water partition coefficient (Wildman–Crippen LogP) is 3.49. The number of benzene rings is 1. The fourth-order valence-electron chi connectivity index (χ4n) is 1.13. The van der Waals surface area contributed by atoms with E-state index >= 15 is 0 Å². The second-order valence-corrected chi connectivity index (χ2v) is 3.93. The minimum absolute atomic E-state index is 0.0278. The molecule has 1 aromatic rings. The standard InChI is InChI=1S/C10H9F2IO2/c1-2-8(14)6-4-3-5-7(13)9(6)15-10(11)12/h3-5,10H,2H2,1H3. The van der Waals surface area contributed by atoms with Crippen molar-refractivity contribution >= 4 is 28.4 Å². The van der Waals surface area contributed by atoms with Gasteiger partial charge in [-0.3, -0.25) is 4.79 Å². The summed E-state index contributed by atoms with van der Waals surface area (Å²) in [6.45, 7) is -1.24. The zero-order valence-corrected chi connectivity index (χ0v) is 10.1. The van der Waals surface area contributed by atoms with E-state index in [9.17, 15) is 13.6 Å². The minimum atomic E-state index is -2.91. The summed E-state index contributed by atoms with van der Waals surface area (Å²) in [5.74, 6) is -0.232. The van der Waals surface area contributed by atoms with Crippen molar-refractivity contribution in [1.29, 1.82) is 0 Å². The Morgan fingerprint density at radius 2 is 2.20 bits per heavy atom. The van der Waals surface area contributed by atoms with Gasteiger partial charge in [-0.25, -0.2) is 0 Å². The molecule has 2 nitrogen and oxygen atoms in total. The largest absolute Gasteiger partial charge is 0.433 e. The van der Waals surface area contributed by atoms with Crippen molar-refractivity contribution in [3.63, 3.8) is 0 Å². The number of ketones is 1. The van der Waals surface area contributed by atoms with Gasteiger partial charge in [-0.05, 0) is 34.7 Å². The number of carbonyl (C=O) groups excluding carboxylic acids is 1. The Hall–Kier alpha value is -0.720. The molecule has 0 atom stereocenters. The first kappa shape index (κ1) is 12.4. The molecule has 0 radical (unpaired) electrons. The van der Waals surface area contributed by atoms with Crippen LogP contribution in [0.4, 0.5) is 8.78 Å². The fraction of sp³-hybridized carbons (Fsp3) is 0.300. The van der Waals surface area contributed by atoms with Gasteiger partial charge in [-0.1, -0.05) is 13.0 Å². The fourth-order valence-corrected chi connectivity index (χ4v) is 1.75. The molecule has 0 saturated carbocycles. The zero-order chi connectivity index (χ0) is 11.4. The van der Waals surface area contributed by atoms with Crippen molar-refractivity contribution in [1.82, 2.24) is 0 Å². The van der Waals surface area contributed by atoms with Gasteiger partial charge in [-0.2, -0.15) is 8.78 Å². The maximum Gasteiger partial charge on any atom is 0.387 e. The van der Waals surface area contributed by atoms with Crippen LogP contribution in [0, 0.1) is 3.57 Å². The molecule has 5 heteroatoms. The average molecular weight is 326 g/mol. The summed E-state index contributed by atoms with van der Waals surface area (Å²) < 4.78 is 29.1. The molecule has 0 spiro atoms. The molecule has 0 saturated heterocycles. The summed E-state index contributed by atoms with van der Waals surface area (Å²) in [5.41, 5.74) is 0.213. The molecule has 1 aromatic carbocycles. The second-order valence-electron chi connectivity index (χ2n) is 2.77. The lowest BCUT2D eigenvalue weighted by atomic mass is 10.1. The lowest BCUT2D eigenvalue weighted by Crippen LogP contribution is -2.09. The Balaban J connectivity index is 3.14. The van der Waals surface area contributed by atoms with Gasteiger partial charge in [0.1, 0.15) is 5.75 Å². The molecule has 0 aliphatic rings. The van der Waals surface area contributed by atoms with Crippen LogP contribution in [-0.4, -0.2) is 12.4 Å². The second kappa shape index (κ2) is 5.39. The number of alkyl halides is 2. The van der Waals surface area contributed by atoms with Crippen LogP contribution in [0.25, 0.3) is 0 Å². The highest BCUT2D eigenvalue weighted by atomic mass is 127. The van der Waals surface area contributed by atoms with Crippen LogP contribution < -0.4 is 4.74 Å². The van der Waals surface area contributed by atoms with Gasteiger partial charge < -0.3 is 4.74 Å². The van der Waals surface area contributed by atoms with E-state index in [1.165, 1.54) is 6.07 Å². The summed E-state index contributed by atoms with van der Waals surface area (Å²) in [7, 11) is 0. The molecule has 0 heterocycles. The van der Waals surface area contributed by atoms with Gasteiger partial charge >= 0.3 is 6.61 Å². The van der Waals surface area contributed by atoms with Gasteiger partial charge in [-0.15, -0.1) is 0 Å². The van der Waals surface area contributed by atoms with Crippen LogP contribution in [0.3, 0.4) is 0 Å². The van der Waals surface area contributed by atoms with E-state index < -0.39 is 6.61 Å². The van der Waals surface area contributed by atoms with Crippen molar-refractivity contribution in [2.75, 3.05) is 0 Å². The molecule has 0 unspecified atom stereocenters. The van der Waals surface area contributed by atoms with Crippen molar-refractivity contribution in [2.45, 2.75) is 20.0 Å². The van der Waals surface area contributed by atoms with E-state index in [0.29, 0.717) is 3.57 Å². The SMILES string of the molecule is CCC(=O)c1cccc(I)c1OC(F)F. The van der Waals surface area contributed by atoms with Crippen molar-refractivity contribution in [3.05, 3.63) is 27.3 Å². The lowest BCUT2D eigenvalue weighted by Gasteiger charge is -2.10. The number of hydrogen-bond donors (Lipinski definition) is 0. The highest BCUT2D eigenvalue weighted by Crippen LogP contribution is 2.28. The Labute approximate surface area is 99.8 Å². The molecule has 0 amide bonds. The van der Waals surface area contributed by atoms with E-state index in [2.05, 4.69) is 4.74 Å². The highest BCUT2D eigenvalue weighted by molar-refractivity contribution is 14.1. The summed E-state index contributed by atoms with van der Waals surface area (Å²) >= 11 is 1.86. The molecular weight excluding hydrogens is 317 g/mol. The number of carbonyl (C=O) groups is 1. The highest BCUT2D eigenvalue weighted by Gasteiger charge is 2.16. The average Bonchev–Trinajstić information content (AvgIpc) is 2.19. The van der Waals surface area contributed by atoms with Crippen molar-refractivity contribution < 1.29 is 18.3 Å². The molecule has 82 valence electrons. The molecule has 15 heavy (non-hydrogen) atoms. The van der Waals surface area contributed by atoms with Gasteiger partial charge in [0.15, 0.2) is 5.78 Å². The van der Waals surface area contributed by atoms with Crippen molar-refractivity contribution in [2.24, 2.45) is 0 Å². The molecule has 0 fully saturated rings. The molecule has 0 aliphatic heterocycles. The first-order valence-electron chi connectivity index (χ1n) is 4.32. The van der Waals surface area contributed by atoms with Gasteiger partial charge in [0.2, 0.25) is 0 Å². The quantitative estimate of drug-likeness (QED) is 0.625. The maximum absolute atomic E-state index is 12.1. The van der Waals surface area contributed by atoms with Crippen LogP contribution >= 0.6 is 22.6 Å². The summed E-state index contributed by atoms with van der Waals surface area (Å²) in [5, 5.41) is 0. The van der Waals surface area contributed by atoms with Gasteiger partial charge in [0.25, 0.3) is 0 Å². The monoisotopic (exact) mass is 326 g/mol. The van der Waals surface area contributed by atoms with Crippen LogP contribution in [0.1, 0.15) is 23.7 Å². The number of rotatable bonds is 4. The van der Waals surface area contributed by atoms with Gasteiger partial charge in [0.05, 0.1) is 9.13 Å². The normalized spacial score (nSPS) is 10.5. The maximum atomic E-state index is 12.1. The van der Waals surface area contributed by atoms with Gasteiger partial charge in [0, 0.05) is 6.42 Å². The Kier molecular flexibility index (Phi) is 4.44. The predicted molar refractivity (Wildman–Crippen MR) is 60.4 cm³/mol. The smallest absolute Gasteiger partial charge is 0.387 e. The number of hydrogen-bond acceptors (Lipinski definition) is 2. The lowest BCUT2D eigenvalue weighted by molar-refractivity contribution is -0.0507. The molecule has 1 rings (SSSR count). The van der Waals surface area contributed by atoms with E-state index in [0.717, 1.165) is 0 Å². The first-order valence-corrected chi connectivity index (χ1v) is 5.40. The van der Waals surface area contributed by atoms with Crippen LogP contribution in [0.5, 0.6) is 5.75 Å². The summed E-state index contributed by atoms with van der Waals surface area (Å²) in [4.78, 5) is 11.4. The molecular formula is C10H9F2IO2. The Morgan fingerprint density at radius 3 is 2.73 bits per heavy atom. The third-order valence-electron chi connectivity index (χ3n) is 1.80. The molecule has 0 bridgehead atoms. The van der Waals surface area contributed by atoms with Crippen LogP contribution in [0.2, 0.25) is 0 Å². The topological polar surface area (TPSA) is 26.3 Å². The molecule has 0 aliphatic carbocycles. The van der Waals surface area contributed by atoms with E-state index in [1.807, 2.05) is 22.6 Å². The Bertz CT molecular complexity index is 366. The van der Waals surface area contributed by atoms with Crippen molar-refractivity contribution in [3.8, 4) is 5.75 Å². The Morgan fingerprint density at radius 1 is 1.53 bits per heavy atom. The summed E-state index contributed by atoms with van der Waals surface area (Å²) in [6.07, 6.45) is 0.264. The first-order chi connectivity index (χ1) is 7.06. The third-order valence-corrected chi connectivity index (χ3v) is 2.64.